The van der Waals surface area contributed by atoms with Crippen molar-refractivity contribution in [2.75, 3.05) is 14.2 Å². The molecule has 0 saturated heterocycles. The average molecular weight is 260 g/mol. The third-order valence-electron chi connectivity index (χ3n) is 3.10. The first-order valence-electron chi connectivity index (χ1n) is 6.11. The molecule has 0 spiro atoms. The molecule has 0 radical (unpaired) electrons. The first-order valence-corrected chi connectivity index (χ1v) is 6.11. The standard InChI is InChI=1S/C14H16N2O3/c1-18-12-6-5-10(7-13(12)19-2)11(8-15)16-14(17)9-3-4-9/h5-7,9,11H,3-4H2,1-2H3,(H,16,17). The SMILES string of the molecule is COc1ccc(C(C#N)NC(=O)C2CC2)cc1OC. The summed E-state index contributed by atoms with van der Waals surface area (Å²) in [4.78, 5) is 11.7. The summed E-state index contributed by atoms with van der Waals surface area (Å²) in [5, 5.41) is 11.9. The number of rotatable bonds is 5. The van der Waals surface area contributed by atoms with Gasteiger partial charge in [-0.25, -0.2) is 0 Å². The molecule has 0 aliphatic heterocycles. The fourth-order valence-corrected chi connectivity index (χ4v) is 1.83. The Hall–Kier alpha value is -2.22. The van der Waals surface area contributed by atoms with Gasteiger partial charge in [0.15, 0.2) is 11.5 Å². The molecule has 1 unspecified atom stereocenters. The third kappa shape index (κ3) is 2.97. The molecule has 1 atom stereocenters. The third-order valence-corrected chi connectivity index (χ3v) is 3.10. The predicted octanol–water partition coefficient (Wildman–Crippen LogP) is 1.79. The van der Waals surface area contributed by atoms with Crippen LogP contribution in [0.3, 0.4) is 0 Å². The first kappa shape index (κ1) is 13.2. The number of ether oxygens (including phenoxy) is 2. The van der Waals surface area contributed by atoms with Gasteiger partial charge in [-0.3, -0.25) is 4.79 Å². The molecular weight excluding hydrogens is 244 g/mol. The molecule has 0 heterocycles. The van der Waals surface area contributed by atoms with E-state index in [2.05, 4.69) is 11.4 Å². The van der Waals surface area contributed by atoms with Crippen LogP contribution in [0.25, 0.3) is 0 Å². The highest BCUT2D eigenvalue weighted by molar-refractivity contribution is 5.81. The second-order valence-electron chi connectivity index (χ2n) is 4.46. The van der Waals surface area contributed by atoms with Gasteiger partial charge in [-0.1, -0.05) is 6.07 Å². The molecule has 5 nitrogen and oxygen atoms in total. The summed E-state index contributed by atoms with van der Waals surface area (Å²) in [7, 11) is 3.08. The quantitative estimate of drug-likeness (QED) is 0.876. The summed E-state index contributed by atoms with van der Waals surface area (Å²) >= 11 is 0. The Kier molecular flexibility index (Phi) is 3.91. The van der Waals surface area contributed by atoms with Crippen molar-refractivity contribution in [1.82, 2.24) is 5.32 Å². The molecule has 1 fully saturated rings. The number of methoxy groups -OCH3 is 2. The maximum atomic E-state index is 11.7. The monoisotopic (exact) mass is 260 g/mol. The van der Waals surface area contributed by atoms with Crippen LogP contribution in [0, 0.1) is 17.2 Å². The number of nitriles is 1. The van der Waals surface area contributed by atoms with E-state index in [-0.39, 0.29) is 11.8 Å². The summed E-state index contributed by atoms with van der Waals surface area (Å²) in [5.74, 6) is 1.16. The second-order valence-corrected chi connectivity index (χ2v) is 4.46. The molecule has 1 saturated carbocycles. The van der Waals surface area contributed by atoms with Gasteiger partial charge >= 0.3 is 0 Å². The summed E-state index contributed by atoms with van der Waals surface area (Å²) in [5.41, 5.74) is 0.689. The van der Waals surface area contributed by atoms with Crippen molar-refractivity contribution in [2.45, 2.75) is 18.9 Å². The van der Waals surface area contributed by atoms with Crippen LogP contribution in [0.5, 0.6) is 11.5 Å². The number of nitrogens with zero attached hydrogens (tertiary/aromatic N) is 1. The van der Waals surface area contributed by atoms with E-state index in [0.29, 0.717) is 17.1 Å². The van der Waals surface area contributed by atoms with E-state index in [9.17, 15) is 10.1 Å². The Balaban J connectivity index is 2.18. The Morgan fingerprint density at radius 3 is 2.58 bits per heavy atom. The van der Waals surface area contributed by atoms with E-state index >= 15 is 0 Å². The van der Waals surface area contributed by atoms with Gasteiger partial charge < -0.3 is 14.8 Å². The van der Waals surface area contributed by atoms with Crippen molar-refractivity contribution in [3.63, 3.8) is 0 Å². The van der Waals surface area contributed by atoms with Gasteiger partial charge in [0, 0.05) is 5.92 Å². The second kappa shape index (κ2) is 5.61. The molecule has 100 valence electrons. The Morgan fingerprint density at radius 1 is 1.37 bits per heavy atom. The molecule has 1 N–H and O–H groups in total. The molecule has 1 amide bonds. The minimum atomic E-state index is -0.659. The van der Waals surface area contributed by atoms with Crippen molar-refractivity contribution in [3.8, 4) is 17.6 Å². The van der Waals surface area contributed by atoms with Gasteiger partial charge in [-0.15, -0.1) is 0 Å². The molecule has 1 aliphatic rings. The smallest absolute Gasteiger partial charge is 0.224 e. The maximum absolute atomic E-state index is 11.7. The fraction of sp³-hybridized carbons (Fsp3) is 0.429. The van der Waals surface area contributed by atoms with Crippen LogP contribution in [0.15, 0.2) is 18.2 Å². The summed E-state index contributed by atoms with van der Waals surface area (Å²) < 4.78 is 10.3. The Bertz CT molecular complexity index is 518. The lowest BCUT2D eigenvalue weighted by Gasteiger charge is -2.14. The Morgan fingerprint density at radius 2 is 2.05 bits per heavy atom. The average Bonchev–Trinajstić information content (AvgIpc) is 3.28. The molecule has 1 aliphatic carbocycles. The summed E-state index contributed by atoms with van der Waals surface area (Å²) in [6, 6.07) is 6.62. The van der Waals surface area contributed by atoms with Crippen LogP contribution in [0.4, 0.5) is 0 Å². The van der Waals surface area contributed by atoms with E-state index in [4.69, 9.17) is 9.47 Å². The van der Waals surface area contributed by atoms with E-state index < -0.39 is 6.04 Å². The molecule has 1 aromatic rings. The topological polar surface area (TPSA) is 71.3 Å². The lowest BCUT2D eigenvalue weighted by Crippen LogP contribution is -2.28. The highest BCUT2D eigenvalue weighted by Crippen LogP contribution is 2.32. The minimum Gasteiger partial charge on any atom is -0.493 e. The zero-order valence-electron chi connectivity index (χ0n) is 11.0. The summed E-state index contributed by atoms with van der Waals surface area (Å²) in [6.07, 6.45) is 1.83. The number of hydrogen-bond acceptors (Lipinski definition) is 4. The molecule has 1 aromatic carbocycles. The van der Waals surface area contributed by atoms with Crippen LogP contribution in [-0.4, -0.2) is 20.1 Å². The van der Waals surface area contributed by atoms with Crippen LogP contribution < -0.4 is 14.8 Å². The van der Waals surface area contributed by atoms with Crippen LogP contribution >= 0.6 is 0 Å². The number of carbonyl (C=O) groups is 1. The number of carbonyl (C=O) groups excluding carboxylic acids is 1. The predicted molar refractivity (Wildman–Crippen MR) is 68.8 cm³/mol. The van der Waals surface area contributed by atoms with E-state index in [1.165, 1.54) is 7.11 Å². The van der Waals surface area contributed by atoms with Crippen molar-refractivity contribution in [3.05, 3.63) is 23.8 Å². The van der Waals surface area contributed by atoms with Gasteiger partial charge in [-0.2, -0.15) is 5.26 Å². The lowest BCUT2D eigenvalue weighted by molar-refractivity contribution is -0.122. The molecule has 0 bridgehead atoms. The fourth-order valence-electron chi connectivity index (χ4n) is 1.83. The normalized spacial score (nSPS) is 15.2. The first-order chi connectivity index (χ1) is 9.19. The van der Waals surface area contributed by atoms with Gasteiger partial charge in [0.1, 0.15) is 6.04 Å². The highest BCUT2D eigenvalue weighted by Gasteiger charge is 2.31. The van der Waals surface area contributed by atoms with Gasteiger partial charge in [-0.05, 0) is 30.5 Å². The van der Waals surface area contributed by atoms with Crippen LogP contribution in [0.1, 0.15) is 24.4 Å². The number of hydrogen-bond donors (Lipinski definition) is 1. The van der Waals surface area contributed by atoms with Crippen LogP contribution in [-0.2, 0) is 4.79 Å². The lowest BCUT2D eigenvalue weighted by atomic mass is 10.1. The van der Waals surface area contributed by atoms with Gasteiger partial charge in [0.2, 0.25) is 5.91 Å². The molecule has 0 aromatic heterocycles. The maximum Gasteiger partial charge on any atom is 0.224 e. The number of amides is 1. The number of nitrogens with one attached hydrogen (secondary N) is 1. The largest absolute Gasteiger partial charge is 0.493 e. The van der Waals surface area contributed by atoms with Gasteiger partial charge in [0.25, 0.3) is 0 Å². The highest BCUT2D eigenvalue weighted by atomic mass is 16.5. The van der Waals surface area contributed by atoms with Crippen molar-refractivity contribution >= 4 is 5.91 Å². The zero-order valence-corrected chi connectivity index (χ0v) is 11.0. The van der Waals surface area contributed by atoms with E-state index in [1.807, 2.05) is 0 Å². The zero-order chi connectivity index (χ0) is 13.8. The molecular formula is C14H16N2O3. The Labute approximate surface area is 112 Å². The number of benzene rings is 1. The van der Waals surface area contributed by atoms with Crippen molar-refractivity contribution in [1.29, 1.82) is 5.26 Å². The van der Waals surface area contributed by atoms with Gasteiger partial charge in [0.05, 0.1) is 20.3 Å². The van der Waals surface area contributed by atoms with Crippen LogP contribution in [0.2, 0.25) is 0 Å². The summed E-state index contributed by atoms with van der Waals surface area (Å²) in [6.45, 7) is 0. The van der Waals surface area contributed by atoms with Crippen molar-refractivity contribution < 1.29 is 14.3 Å². The van der Waals surface area contributed by atoms with Crippen molar-refractivity contribution in [2.24, 2.45) is 5.92 Å². The van der Waals surface area contributed by atoms with E-state index in [0.717, 1.165) is 12.8 Å². The van der Waals surface area contributed by atoms with E-state index in [1.54, 1.807) is 25.3 Å². The molecule has 5 heteroatoms. The minimum absolute atomic E-state index is 0.0543. The molecule has 19 heavy (non-hydrogen) atoms. The molecule has 2 rings (SSSR count).